The lowest BCUT2D eigenvalue weighted by Gasteiger charge is -2.16. The Morgan fingerprint density at radius 3 is 2.65 bits per heavy atom. The van der Waals surface area contributed by atoms with Gasteiger partial charge in [0.05, 0.1) is 7.11 Å². The highest BCUT2D eigenvalue weighted by Gasteiger charge is 2.22. The smallest absolute Gasteiger partial charge is 0.328 e. The van der Waals surface area contributed by atoms with Crippen LogP contribution in [0.4, 0.5) is 4.39 Å². The summed E-state index contributed by atoms with van der Waals surface area (Å²) in [5, 5.41) is 2.60. The van der Waals surface area contributed by atoms with E-state index >= 15 is 0 Å². The Hall–Kier alpha value is -1.43. The number of carbonyl (C=O) groups excluding carboxylic acids is 2. The molecule has 0 fully saturated rings. The largest absolute Gasteiger partial charge is 0.467 e. The van der Waals surface area contributed by atoms with E-state index in [1.807, 2.05) is 6.92 Å². The summed E-state index contributed by atoms with van der Waals surface area (Å²) < 4.78 is 18.6. The molecule has 0 saturated heterocycles. The van der Waals surface area contributed by atoms with E-state index in [0.29, 0.717) is 22.9 Å². The number of nitrogens with one attached hydrogen (secondary N) is 1. The lowest BCUT2D eigenvalue weighted by atomic mass is 10.1. The first-order valence-corrected chi connectivity index (χ1v) is 7.07. The molecule has 1 rings (SSSR count). The Morgan fingerprint density at radius 1 is 1.40 bits per heavy atom. The highest BCUT2D eigenvalue weighted by molar-refractivity contribution is 9.10. The number of hydrogen-bond donors (Lipinski definition) is 1. The van der Waals surface area contributed by atoms with E-state index in [9.17, 15) is 14.0 Å². The number of hydrogen-bond acceptors (Lipinski definition) is 3. The fraction of sp³-hybridized carbons (Fsp3) is 0.429. The molecular formula is C14H17BrFNO3. The SMILES string of the molecule is CCCC(=O)N[C@@H](Cc1cc(F)cc(Br)c1)C(=O)OC. The van der Waals surface area contributed by atoms with E-state index < -0.39 is 17.8 Å². The van der Waals surface area contributed by atoms with E-state index in [2.05, 4.69) is 26.0 Å². The lowest BCUT2D eigenvalue weighted by molar-refractivity contribution is -0.145. The van der Waals surface area contributed by atoms with Crippen molar-refractivity contribution in [1.29, 1.82) is 0 Å². The normalized spacial score (nSPS) is 11.8. The van der Waals surface area contributed by atoms with Gasteiger partial charge in [-0.3, -0.25) is 4.79 Å². The molecule has 0 aliphatic carbocycles. The molecule has 1 N–H and O–H groups in total. The summed E-state index contributed by atoms with van der Waals surface area (Å²) in [6, 6.07) is 3.54. The second kappa shape index (κ2) is 7.99. The van der Waals surface area contributed by atoms with Gasteiger partial charge < -0.3 is 10.1 Å². The molecule has 0 saturated carbocycles. The van der Waals surface area contributed by atoms with Crippen molar-refractivity contribution < 1.29 is 18.7 Å². The molecule has 20 heavy (non-hydrogen) atoms. The van der Waals surface area contributed by atoms with Crippen LogP contribution in [0, 0.1) is 5.82 Å². The van der Waals surface area contributed by atoms with Gasteiger partial charge in [-0.1, -0.05) is 22.9 Å². The molecule has 0 bridgehead atoms. The Labute approximate surface area is 125 Å². The molecular weight excluding hydrogens is 329 g/mol. The van der Waals surface area contributed by atoms with Crippen LogP contribution in [0.2, 0.25) is 0 Å². The van der Waals surface area contributed by atoms with Crippen molar-refractivity contribution in [3.05, 3.63) is 34.1 Å². The maximum Gasteiger partial charge on any atom is 0.328 e. The monoisotopic (exact) mass is 345 g/mol. The van der Waals surface area contributed by atoms with Crippen LogP contribution in [0.3, 0.4) is 0 Å². The van der Waals surface area contributed by atoms with Crippen LogP contribution in [0.15, 0.2) is 22.7 Å². The average molecular weight is 346 g/mol. The second-order valence-corrected chi connectivity index (χ2v) is 5.29. The summed E-state index contributed by atoms with van der Waals surface area (Å²) in [6.45, 7) is 1.87. The molecule has 0 unspecified atom stereocenters. The minimum absolute atomic E-state index is 0.179. The summed E-state index contributed by atoms with van der Waals surface area (Å²) in [5.74, 6) is -1.17. The fourth-order valence-electron chi connectivity index (χ4n) is 1.79. The first-order chi connectivity index (χ1) is 9.46. The number of methoxy groups -OCH3 is 1. The van der Waals surface area contributed by atoms with Crippen LogP contribution in [0.1, 0.15) is 25.3 Å². The summed E-state index contributed by atoms with van der Waals surface area (Å²) >= 11 is 3.19. The van der Waals surface area contributed by atoms with Gasteiger partial charge in [0.2, 0.25) is 5.91 Å². The minimum atomic E-state index is -0.812. The molecule has 0 spiro atoms. The molecule has 0 heterocycles. The van der Waals surface area contributed by atoms with Crippen molar-refractivity contribution in [1.82, 2.24) is 5.32 Å². The standard InChI is InChI=1S/C14H17BrFNO3/c1-3-4-13(18)17-12(14(19)20-2)7-9-5-10(15)8-11(16)6-9/h5-6,8,12H,3-4,7H2,1-2H3,(H,17,18)/t12-/m0/s1. The molecule has 1 atom stereocenters. The highest BCUT2D eigenvalue weighted by atomic mass is 79.9. The van der Waals surface area contributed by atoms with Gasteiger partial charge in [-0.05, 0) is 30.2 Å². The van der Waals surface area contributed by atoms with Crippen LogP contribution in [-0.2, 0) is 20.7 Å². The third-order valence-electron chi connectivity index (χ3n) is 2.66. The number of benzene rings is 1. The highest BCUT2D eigenvalue weighted by Crippen LogP contribution is 2.16. The van der Waals surface area contributed by atoms with Crippen molar-refractivity contribution in [2.45, 2.75) is 32.2 Å². The van der Waals surface area contributed by atoms with Crippen molar-refractivity contribution in [3.63, 3.8) is 0 Å². The Bertz CT molecular complexity index is 473. The van der Waals surface area contributed by atoms with Gasteiger partial charge in [0.1, 0.15) is 11.9 Å². The van der Waals surface area contributed by atoms with Gasteiger partial charge in [-0.25, -0.2) is 9.18 Å². The van der Waals surface area contributed by atoms with Crippen LogP contribution >= 0.6 is 15.9 Å². The van der Waals surface area contributed by atoms with Gasteiger partial charge in [-0.2, -0.15) is 0 Å². The Morgan fingerprint density at radius 2 is 2.10 bits per heavy atom. The molecule has 0 radical (unpaired) electrons. The van der Waals surface area contributed by atoms with E-state index in [4.69, 9.17) is 0 Å². The minimum Gasteiger partial charge on any atom is -0.467 e. The molecule has 110 valence electrons. The lowest BCUT2D eigenvalue weighted by Crippen LogP contribution is -2.42. The summed E-state index contributed by atoms with van der Waals surface area (Å²) in [4.78, 5) is 23.3. The van der Waals surface area contributed by atoms with Crippen molar-refractivity contribution in [3.8, 4) is 0 Å². The number of halogens is 2. The van der Waals surface area contributed by atoms with Gasteiger partial charge in [0.15, 0.2) is 0 Å². The van der Waals surface area contributed by atoms with Crippen molar-refractivity contribution >= 4 is 27.8 Å². The second-order valence-electron chi connectivity index (χ2n) is 4.38. The summed E-state index contributed by atoms with van der Waals surface area (Å²) in [6.07, 6.45) is 1.20. The van der Waals surface area contributed by atoms with E-state index in [0.717, 1.165) is 0 Å². The quantitative estimate of drug-likeness (QED) is 0.806. The molecule has 0 aliphatic rings. The zero-order chi connectivity index (χ0) is 15.1. The number of esters is 1. The van der Waals surface area contributed by atoms with Gasteiger partial charge >= 0.3 is 5.97 Å². The van der Waals surface area contributed by atoms with Crippen LogP contribution < -0.4 is 5.32 Å². The molecule has 1 aromatic carbocycles. The van der Waals surface area contributed by atoms with Crippen LogP contribution in [-0.4, -0.2) is 25.0 Å². The van der Waals surface area contributed by atoms with E-state index in [-0.39, 0.29) is 12.3 Å². The average Bonchev–Trinajstić information content (AvgIpc) is 2.36. The molecule has 1 amide bonds. The van der Waals surface area contributed by atoms with Crippen LogP contribution in [0.25, 0.3) is 0 Å². The zero-order valence-corrected chi connectivity index (χ0v) is 13.0. The third kappa shape index (κ3) is 5.28. The van der Waals surface area contributed by atoms with E-state index in [1.165, 1.54) is 19.2 Å². The van der Waals surface area contributed by atoms with E-state index in [1.54, 1.807) is 6.07 Å². The number of amides is 1. The maximum absolute atomic E-state index is 13.3. The molecule has 1 aromatic rings. The fourth-order valence-corrected chi connectivity index (χ4v) is 2.31. The topological polar surface area (TPSA) is 55.4 Å². The molecule has 0 aromatic heterocycles. The first-order valence-electron chi connectivity index (χ1n) is 6.28. The Kier molecular flexibility index (Phi) is 6.64. The molecule has 4 nitrogen and oxygen atoms in total. The maximum atomic E-state index is 13.3. The zero-order valence-electron chi connectivity index (χ0n) is 11.4. The van der Waals surface area contributed by atoms with Gasteiger partial charge in [-0.15, -0.1) is 0 Å². The number of ether oxygens (including phenoxy) is 1. The summed E-state index contributed by atoms with van der Waals surface area (Å²) in [5.41, 5.74) is 0.601. The first kappa shape index (κ1) is 16.6. The number of rotatable bonds is 6. The Balaban J connectivity index is 2.83. The molecule has 0 aliphatic heterocycles. The summed E-state index contributed by atoms with van der Waals surface area (Å²) in [7, 11) is 1.25. The van der Waals surface area contributed by atoms with Crippen LogP contribution in [0.5, 0.6) is 0 Å². The number of carbonyl (C=O) groups is 2. The van der Waals surface area contributed by atoms with Gasteiger partial charge in [0.25, 0.3) is 0 Å². The third-order valence-corrected chi connectivity index (χ3v) is 3.12. The van der Waals surface area contributed by atoms with Gasteiger partial charge in [0, 0.05) is 17.3 Å². The van der Waals surface area contributed by atoms with Crippen molar-refractivity contribution in [2.75, 3.05) is 7.11 Å². The van der Waals surface area contributed by atoms with Crippen molar-refractivity contribution in [2.24, 2.45) is 0 Å². The predicted molar refractivity (Wildman–Crippen MR) is 76.7 cm³/mol. The predicted octanol–water partition coefficient (Wildman–Crippen LogP) is 2.59. The molecule has 6 heteroatoms.